The normalized spacial score (nSPS) is 16.3. The number of benzene rings is 3. The van der Waals surface area contributed by atoms with Gasteiger partial charge in [0.2, 0.25) is 0 Å². The molecule has 1 atom stereocenters. The Balaban J connectivity index is 1.55. The second-order valence-electron chi connectivity index (χ2n) is 7.06. The maximum Gasteiger partial charge on any atom is 0.123 e. The van der Waals surface area contributed by atoms with Gasteiger partial charge in [0, 0.05) is 0 Å². The molecule has 3 aromatic rings. The van der Waals surface area contributed by atoms with Gasteiger partial charge in [0.15, 0.2) is 0 Å². The van der Waals surface area contributed by atoms with Gasteiger partial charge in [-0.15, -0.1) is 0 Å². The minimum Gasteiger partial charge on any atom is -0.373 e. The number of fused-ring (bicyclic) bond motifs is 1. The van der Waals surface area contributed by atoms with Crippen LogP contribution >= 0.6 is 0 Å². The van der Waals surface area contributed by atoms with Crippen LogP contribution in [-0.2, 0) is 11.2 Å². The fraction of sp³-hybridized carbons (Fsp3) is 0.304. The summed E-state index contributed by atoms with van der Waals surface area (Å²) in [5, 5.41) is 2.02. The van der Waals surface area contributed by atoms with Crippen molar-refractivity contribution in [2.75, 3.05) is 6.61 Å². The predicted octanol–water partition coefficient (Wildman–Crippen LogP) is 6.07. The highest BCUT2D eigenvalue weighted by Gasteiger charge is 2.20. The van der Waals surface area contributed by atoms with Crippen molar-refractivity contribution in [3.05, 3.63) is 71.5 Å². The molecule has 1 aliphatic heterocycles. The molecule has 0 aliphatic carbocycles. The molecule has 2 heteroatoms. The Morgan fingerprint density at radius 2 is 1.76 bits per heavy atom. The summed E-state index contributed by atoms with van der Waals surface area (Å²) in [6, 6.07) is 18.0. The maximum atomic E-state index is 13.4. The second kappa shape index (κ2) is 6.97. The molecule has 0 N–H and O–H groups in total. The minimum atomic E-state index is -0.185. The summed E-state index contributed by atoms with van der Waals surface area (Å²) in [5.74, 6) is -0.185. The van der Waals surface area contributed by atoms with Gasteiger partial charge in [0.05, 0.1) is 12.7 Å². The molecule has 4 rings (SSSR count). The summed E-state index contributed by atoms with van der Waals surface area (Å²) in [6.07, 6.45) is 5.28. The molecule has 1 fully saturated rings. The molecular formula is C23H23FO. The Bertz CT molecular complexity index is 896. The molecular weight excluding hydrogens is 311 g/mol. The molecule has 0 radical (unpaired) electrons. The molecule has 1 heterocycles. The Kier molecular flexibility index (Phi) is 4.54. The maximum absolute atomic E-state index is 13.4. The van der Waals surface area contributed by atoms with E-state index in [1.165, 1.54) is 47.6 Å². The van der Waals surface area contributed by atoms with E-state index >= 15 is 0 Å². The standard InChI is InChI=1S/C23H23FO/c1-16-6-7-17(4-2-3-5-22-15-25-22)12-23(16)20-9-8-19-14-21(24)11-10-18(19)13-20/h6-14,22H,2-5,15H2,1H3. The van der Waals surface area contributed by atoms with E-state index in [1.54, 1.807) is 6.07 Å². The van der Waals surface area contributed by atoms with Gasteiger partial charge in [0.1, 0.15) is 5.82 Å². The summed E-state index contributed by atoms with van der Waals surface area (Å²) in [6.45, 7) is 3.11. The van der Waals surface area contributed by atoms with Crippen LogP contribution in [0.1, 0.15) is 30.4 Å². The Morgan fingerprint density at radius 3 is 2.60 bits per heavy atom. The predicted molar refractivity (Wildman–Crippen MR) is 101 cm³/mol. The molecule has 0 amide bonds. The minimum absolute atomic E-state index is 0.185. The van der Waals surface area contributed by atoms with Crippen LogP contribution in [0.15, 0.2) is 54.6 Å². The van der Waals surface area contributed by atoms with Crippen LogP contribution in [0, 0.1) is 12.7 Å². The summed E-state index contributed by atoms with van der Waals surface area (Å²) < 4.78 is 18.6. The molecule has 0 spiro atoms. The van der Waals surface area contributed by atoms with Gasteiger partial charge < -0.3 is 4.74 Å². The molecule has 1 nitrogen and oxygen atoms in total. The number of aryl methyl sites for hydroxylation is 2. The zero-order valence-electron chi connectivity index (χ0n) is 14.6. The highest BCUT2D eigenvalue weighted by Crippen LogP contribution is 2.29. The number of hydrogen-bond donors (Lipinski definition) is 0. The van der Waals surface area contributed by atoms with Crippen LogP contribution in [0.5, 0.6) is 0 Å². The summed E-state index contributed by atoms with van der Waals surface area (Å²) in [5.41, 5.74) is 5.13. The van der Waals surface area contributed by atoms with E-state index in [-0.39, 0.29) is 5.82 Å². The van der Waals surface area contributed by atoms with Gasteiger partial charge in [-0.05, 0) is 77.4 Å². The summed E-state index contributed by atoms with van der Waals surface area (Å²) in [4.78, 5) is 0. The largest absolute Gasteiger partial charge is 0.373 e. The lowest BCUT2D eigenvalue weighted by Gasteiger charge is -2.11. The van der Waals surface area contributed by atoms with Gasteiger partial charge in [-0.25, -0.2) is 4.39 Å². The van der Waals surface area contributed by atoms with Gasteiger partial charge >= 0.3 is 0 Å². The molecule has 128 valence electrons. The molecule has 1 aliphatic rings. The first-order valence-corrected chi connectivity index (χ1v) is 9.10. The van der Waals surface area contributed by atoms with Crippen LogP contribution in [0.25, 0.3) is 21.9 Å². The van der Waals surface area contributed by atoms with Gasteiger partial charge in [-0.1, -0.05) is 42.8 Å². The average molecular weight is 334 g/mol. The van der Waals surface area contributed by atoms with E-state index in [4.69, 9.17) is 4.74 Å². The van der Waals surface area contributed by atoms with Crippen LogP contribution in [0.2, 0.25) is 0 Å². The molecule has 1 saturated heterocycles. The van der Waals surface area contributed by atoms with E-state index < -0.39 is 0 Å². The first kappa shape index (κ1) is 16.3. The van der Waals surface area contributed by atoms with E-state index in [9.17, 15) is 4.39 Å². The smallest absolute Gasteiger partial charge is 0.123 e. The third-order valence-corrected chi connectivity index (χ3v) is 5.06. The van der Waals surface area contributed by atoms with Crippen molar-refractivity contribution in [2.24, 2.45) is 0 Å². The van der Waals surface area contributed by atoms with Crippen LogP contribution in [0.4, 0.5) is 4.39 Å². The van der Waals surface area contributed by atoms with E-state index in [1.807, 2.05) is 12.1 Å². The number of halogens is 1. The van der Waals surface area contributed by atoms with Crippen LogP contribution in [0.3, 0.4) is 0 Å². The van der Waals surface area contributed by atoms with Crippen molar-refractivity contribution in [2.45, 2.75) is 38.7 Å². The molecule has 0 aromatic heterocycles. The first-order valence-electron chi connectivity index (χ1n) is 9.10. The molecule has 25 heavy (non-hydrogen) atoms. The first-order chi connectivity index (χ1) is 12.2. The molecule has 0 saturated carbocycles. The Hall–Kier alpha value is -2.19. The Morgan fingerprint density at radius 1 is 0.960 bits per heavy atom. The highest BCUT2D eigenvalue weighted by molar-refractivity contribution is 5.87. The monoisotopic (exact) mass is 334 g/mol. The summed E-state index contributed by atoms with van der Waals surface area (Å²) >= 11 is 0. The van der Waals surface area contributed by atoms with Crippen LogP contribution in [-0.4, -0.2) is 12.7 Å². The van der Waals surface area contributed by atoms with Crippen molar-refractivity contribution < 1.29 is 9.13 Å². The number of hydrogen-bond acceptors (Lipinski definition) is 1. The fourth-order valence-electron chi connectivity index (χ4n) is 3.46. The third kappa shape index (κ3) is 3.91. The van der Waals surface area contributed by atoms with Crippen molar-refractivity contribution >= 4 is 10.8 Å². The number of ether oxygens (including phenoxy) is 1. The van der Waals surface area contributed by atoms with Gasteiger partial charge in [-0.3, -0.25) is 0 Å². The topological polar surface area (TPSA) is 12.5 Å². The number of rotatable bonds is 6. The van der Waals surface area contributed by atoms with Crippen LogP contribution < -0.4 is 0 Å². The molecule has 3 aromatic carbocycles. The Labute approximate surface area is 148 Å². The fourth-order valence-corrected chi connectivity index (χ4v) is 3.46. The quantitative estimate of drug-likeness (QED) is 0.394. The SMILES string of the molecule is Cc1ccc(CCCCC2CO2)cc1-c1ccc2cc(F)ccc2c1. The van der Waals surface area contributed by atoms with Gasteiger partial charge in [-0.2, -0.15) is 0 Å². The van der Waals surface area contributed by atoms with E-state index in [2.05, 4.69) is 37.3 Å². The lowest BCUT2D eigenvalue weighted by atomic mass is 9.94. The third-order valence-electron chi connectivity index (χ3n) is 5.06. The van der Waals surface area contributed by atoms with Crippen molar-refractivity contribution in [3.63, 3.8) is 0 Å². The highest BCUT2D eigenvalue weighted by atomic mass is 19.1. The molecule has 0 bridgehead atoms. The second-order valence-corrected chi connectivity index (χ2v) is 7.06. The zero-order valence-corrected chi connectivity index (χ0v) is 14.6. The molecule has 1 unspecified atom stereocenters. The average Bonchev–Trinajstić information content (AvgIpc) is 3.44. The lowest BCUT2D eigenvalue weighted by molar-refractivity contribution is 0.389. The van der Waals surface area contributed by atoms with E-state index in [0.29, 0.717) is 6.10 Å². The van der Waals surface area contributed by atoms with E-state index in [0.717, 1.165) is 23.8 Å². The van der Waals surface area contributed by atoms with Crippen molar-refractivity contribution in [3.8, 4) is 11.1 Å². The van der Waals surface area contributed by atoms with Crippen molar-refractivity contribution in [1.82, 2.24) is 0 Å². The van der Waals surface area contributed by atoms with Crippen molar-refractivity contribution in [1.29, 1.82) is 0 Å². The number of unbranched alkanes of at least 4 members (excludes halogenated alkanes) is 1. The van der Waals surface area contributed by atoms with Gasteiger partial charge in [0.25, 0.3) is 0 Å². The summed E-state index contributed by atoms with van der Waals surface area (Å²) in [7, 11) is 0. The lowest BCUT2D eigenvalue weighted by Crippen LogP contribution is -1.92. The zero-order chi connectivity index (χ0) is 17.2. The number of epoxide rings is 1.